The Kier molecular flexibility index (Phi) is 4.77. The van der Waals surface area contributed by atoms with Crippen molar-refractivity contribution in [3.63, 3.8) is 0 Å². The number of amides is 1. The van der Waals surface area contributed by atoms with E-state index in [1.54, 1.807) is 4.90 Å². The van der Waals surface area contributed by atoms with Gasteiger partial charge in [0.25, 0.3) is 0 Å². The summed E-state index contributed by atoms with van der Waals surface area (Å²) in [5, 5.41) is 8.75. The highest BCUT2D eigenvalue weighted by atomic mass is 28.2. The molecule has 1 rings (SSSR count). The molecule has 0 aromatic carbocycles. The predicted octanol–water partition coefficient (Wildman–Crippen LogP) is -0.271. The molecule has 84 valence electrons. The zero-order valence-electron chi connectivity index (χ0n) is 8.48. The Morgan fingerprint density at radius 3 is 2.80 bits per heavy atom. The summed E-state index contributed by atoms with van der Waals surface area (Å²) in [5.74, 6) is -1.48. The number of hydrogen-bond acceptors (Lipinski definition) is 3. The lowest BCUT2D eigenvalue weighted by Crippen LogP contribution is -2.27. The van der Waals surface area contributed by atoms with Gasteiger partial charge in [-0.1, -0.05) is 6.42 Å². The predicted molar refractivity (Wildman–Crippen MR) is 54.3 cm³/mol. The molecule has 0 aromatic heterocycles. The molecule has 0 aromatic rings. The van der Waals surface area contributed by atoms with E-state index in [-0.39, 0.29) is 22.1 Å². The summed E-state index contributed by atoms with van der Waals surface area (Å²) in [6.45, 7) is 0.961. The van der Waals surface area contributed by atoms with E-state index in [9.17, 15) is 9.59 Å². The number of nitrogens with zero attached hydrogens (tertiary/aromatic N) is 1. The van der Waals surface area contributed by atoms with E-state index in [0.717, 1.165) is 18.9 Å². The first-order chi connectivity index (χ1) is 7.15. The summed E-state index contributed by atoms with van der Waals surface area (Å²) >= 11 is 0. The third-order valence-corrected chi connectivity index (χ3v) is 3.11. The Bertz CT molecular complexity index is 246. The van der Waals surface area contributed by atoms with Crippen molar-refractivity contribution < 1.29 is 19.5 Å². The van der Waals surface area contributed by atoms with Crippen molar-refractivity contribution >= 4 is 21.6 Å². The maximum Gasteiger partial charge on any atom is 0.308 e. The first-order valence-electron chi connectivity index (χ1n) is 5.02. The van der Waals surface area contributed by atoms with Crippen LogP contribution < -0.4 is 0 Å². The highest BCUT2D eigenvalue weighted by molar-refractivity contribution is 6.25. The van der Waals surface area contributed by atoms with Crippen molar-refractivity contribution in [2.45, 2.75) is 25.3 Å². The lowest BCUT2D eigenvalue weighted by atomic mass is 10.1. The van der Waals surface area contributed by atoms with Gasteiger partial charge in [0, 0.05) is 19.5 Å². The molecule has 1 fully saturated rings. The van der Waals surface area contributed by atoms with Crippen LogP contribution in [0.15, 0.2) is 0 Å². The van der Waals surface area contributed by atoms with Crippen molar-refractivity contribution in [1.29, 1.82) is 0 Å². The Hall–Kier alpha value is -0.883. The van der Waals surface area contributed by atoms with Crippen molar-refractivity contribution in [3.05, 3.63) is 0 Å². The fourth-order valence-electron chi connectivity index (χ4n) is 1.66. The maximum absolute atomic E-state index is 11.4. The summed E-state index contributed by atoms with van der Waals surface area (Å²) in [5.41, 5.74) is 0. The second-order valence-electron chi connectivity index (χ2n) is 3.69. The molecule has 1 heterocycles. The van der Waals surface area contributed by atoms with E-state index in [0.29, 0.717) is 13.1 Å². The van der Waals surface area contributed by atoms with Gasteiger partial charge < -0.3 is 14.8 Å². The number of rotatable bonds is 6. The minimum Gasteiger partial charge on any atom is -0.481 e. The first kappa shape index (κ1) is 12.2. The number of hydrogen-bond donors (Lipinski definition) is 2. The van der Waals surface area contributed by atoms with Crippen LogP contribution >= 0.6 is 0 Å². The Labute approximate surface area is 91.0 Å². The molecule has 1 aliphatic heterocycles. The summed E-state index contributed by atoms with van der Waals surface area (Å²) in [4.78, 5) is 32.2. The SMILES string of the molecule is O=C(O)C1CC(=O)N(CCCC[Si]O)C1. The van der Waals surface area contributed by atoms with Gasteiger partial charge in [-0.3, -0.25) is 9.59 Å². The molecule has 2 N–H and O–H groups in total. The van der Waals surface area contributed by atoms with Crippen LogP contribution in [0.5, 0.6) is 0 Å². The fourth-order valence-corrected chi connectivity index (χ4v) is 2.07. The maximum atomic E-state index is 11.4. The van der Waals surface area contributed by atoms with Crippen LogP contribution in [-0.4, -0.2) is 49.5 Å². The van der Waals surface area contributed by atoms with E-state index in [1.165, 1.54) is 0 Å². The molecule has 1 aliphatic rings. The quantitative estimate of drug-likeness (QED) is 0.485. The zero-order valence-corrected chi connectivity index (χ0v) is 9.48. The third-order valence-electron chi connectivity index (χ3n) is 2.53. The summed E-state index contributed by atoms with van der Waals surface area (Å²) in [7, 11) is -0.0345. The van der Waals surface area contributed by atoms with Crippen LogP contribution in [0.2, 0.25) is 6.04 Å². The number of unbranched alkanes of at least 4 members (excludes halogenated alkanes) is 1. The van der Waals surface area contributed by atoms with E-state index in [2.05, 4.69) is 0 Å². The van der Waals surface area contributed by atoms with Crippen molar-refractivity contribution in [2.24, 2.45) is 5.92 Å². The molecule has 15 heavy (non-hydrogen) atoms. The molecule has 1 saturated heterocycles. The minimum absolute atomic E-state index is 0.0345. The molecule has 0 saturated carbocycles. The van der Waals surface area contributed by atoms with Gasteiger partial charge in [-0.2, -0.15) is 0 Å². The minimum atomic E-state index is -0.886. The molecular weight excluding hydrogens is 214 g/mol. The average molecular weight is 229 g/mol. The van der Waals surface area contributed by atoms with Crippen LogP contribution in [0.1, 0.15) is 19.3 Å². The number of carboxylic acids is 1. The Morgan fingerprint density at radius 2 is 2.27 bits per heavy atom. The molecule has 1 unspecified atom stereocenters. The van der Waals surface area contributed by atoms with Crippen LogP contribution in [0.25, 0.3) is 0 Å². The molecule has 5 nitrogen and oxygen atoms in total. The molecular formula is C9H15NO4Si. The monoisotopic (exact) mass is 229 g/mol. The zero-order chi connectivity index (χ0) is 11.3. The van der Waals surface area contributed by atoms with E-state index in [4.69, 9.17) is 9.90 Å². The molecule has 0 bridgehead atoms. The van der Waals surface area contributed by atoms with Gasteiger partial charge in [-0.05, 0) is 12.5 Å². The summed E-state index contributed by atoms with van der Waals surface area (Å²) in [6.07, 6.45) is 1.86. The van der Waals surface area contributed by atoms with Crippen molar-refractivity contribution in [2.75, 3.05) is 13.1 Å². The van der Waals surface area contributed by atoms with Crippen molar-refractivity contribution in [3.8, 4) is 0 Å². The third kappa shape index (κ3) is 3.64. The number of aliphatic carboxylic acids is 1. The van der Waals surface area contributed by atoms with Crippen LogP contribution in [0.3, 0.4) is 0 Å². The second-order valence-corrected chi connectivity index (χ2v) is 4.51. The number of likely N-dealkylation sites (tertiary alicyclic amines) is 1. The van der Waals surface area contributed by atoms with E-state index >= 15 is 0 Å². The largest absolute Gasteiger partial charge is 0.481 e. The smallest absolute Gasteiger partial charge is 0.308 e. The fraction of sp³-hybridized carbons (Fsp3) is 0.778. The van der Waals surface area contributed by atoms with Crippen LogP contribution in [0.4, 0.5) is 0 Å². The molecule has 0 aliphatic carbocycles. The van der Waals surface area contributed by atoms with Crippen molar-refractivity contribution in [1.82, 2.24) is 4.90 Å². The van der Waals surface area contributed by atoms with E-state index in [1.807, 2.05) is 0 Å². The first-order valence-corrected chi connectivity index (χ1v) is 6.18. The van der Waals surface area contributed by atoms with E-state index < -0.39 is 11.9 Å². The highest BCUT2D eigenvalue weighted by Crippen LogP contribution is 2.18. The average Bonchev–Trinajstić information content (AvgIpc) is 2.55. The van der Waals surface area contributed by atoms with Gasteiger partial charge in [0.1, 0.15) is 0 Å². The highest BCUT2D eigenvalue weighted by Gasteiger charge is 2.33. The topological polar surface area (TPSA) is 77.8 Å². The summed E-state index contributed by atoms with van der Waals surface area (Å²) < 4.78 is 0. The van der Waals surface area contributed by atoms with Gasteiger partial charge in [0.2, 0.25) is 15.7 Å². The number of carbonyl (C=O) groups is 2. The van der Waals surface area contributed by atoms with Gasteiger partial charge in [-0.25, -0.2) is 0 Å². The lowest BCUT2D eigenvalue weighted by Gasteiger charge is -2.15. The molecule has 6 heteroatoms. The molecule has 2 radical (unpaired) electrons. The number of carboxylic acid groups (broad SMARTS) is 1. The Balaban J connectivity index is 2.25. The molecule has 0 spiro atoms. The van der Waals surface area contributed by atoms with Crippen LogP contribution in [-0.2, 0) is 9.59 Å². The molecule has 1 atom stereocenters. The normalized spacial score (nSPS) is 21.0. The van der Waals surface area contributed by atoms with Gasteiger partial charge >= 0.3 is 5.97 Å². The number of carbonyl (C=O) groups excluding carboxylic acids is 1. The van der Waals surface area contributed by atoms with Gasteiger partial charge in [0.15, 0.2) is 0 Å². The van der Waals surface area contributed by atoms with Gasteiger partial charge in [-0.15, -0.1) is 0 Å². The lowest BCUT2D eigenvalue weighted by molar-refractivity contribution is -0.141. The Morgan fingerprint density at radius 1 is 1.53 bits per heavy atom. The van der Waals surface area contributed by atoms with Crippen LogP contribution in [0, 0.1) is 5.92 Å². The summed E-state index contributed by atoms with van der Waals surface area (Å²) in [6, 6.07) is 0.768. The molecule has 1 amide bonds. The second kappa shape index (κ2) is 5.87. The van der Waals surface area contributed by atoms with Gasteiger partial charge in [0.05, 0.1) is 5.92 Å². The standard InChI is InChI=1S/C9H15NO4Si/c11-8-5-7(9(12)13)6-10(8)3-1-2-4-15-14/h7,14H,1-6H2,(H,12,13).